The van der Waals surface area contributed by atoms with Crippen molar-refractivity contribution < 1.29 is 4.79 Å². The van der Waals surface area contributed by atoms with E-state index in [0.717, 1.165) is 5.82 Å². The zero-order valence-corrected chi connectivity index (χ0v) is 9.18. The van der Waals surface area contributed by atoms with Crippen LogP contribution < -0.4 is 11.1 Å². The first-order valence-corrected chi connectivity index (χ1v) is 5.23. The second-order valence-electron chi connectivity index (χ2n) is 3.56. The van der Waals surface area contributed by atoms with E-state index in [1.165, 1.54) is 6.33 Å². The normalized spacial score (nSPS) is 10.1. The molecule has 6 heteroatoms. The number of anilines is 1. The summed E-state index contributed by atoms with van der Waals surface area (Å²) in [7, 11) is 0. The fourth-order valence-corrected chi connectivity index (χ4v) is 1.43. The minimum atomic E-state index is -0.142. The van der Waals surface area contributed by atoms with Gasteiger partial charge in [0.1, 0.15) is 12.2 Å². The van der Waals surface area contributed by atoms with E-state index in [4.69, 9.17) is 5.73 Å². The average Bonchev–Trinajstić information content (AvgIpc) is 2.82. The molecule has 0 aliphatic heterocycles. The summed E-state index contributed by atoms with van der Waals surface area (Å²) in [6, 6.07) is 6.86. The Hall–Kier alpha value is -2.37. The van der Waals surface area contributed by atoms with Crippen molar-refractivity contribution in [1.29, 1.82) is 0 Å². The number of nitrogens with zero attached hydrogens (tertiary/aromatic N) is 2. The maximum absolute atomic E-state index is 11.7. The molecule has 2 rings (SSSR count). The third-order valence-electron chi connectivity index (χ3n) is 2.26. The van der Waals surface area contributed by atoms with Crippen LogP contribution >= 0.6 is 0 Å². The Labute approximate surface area is 98.3 Å². The molecule has 0 radical (unpaired) electrons. The highest BCUT2D eigenvalue weighted by atomic mass is 16.1. The number of hydrogen-bond acceptors (Lipinski definition) is 4. The lowest BCUT2D eigenvalue weighted by atomic mass is 10.2. The predicted molar refractivity (Wildman–Crippen MR) is 63.3 cm³/mol. The van der Waals surface area contributed by atoms with Crippen molar-refractivity contribution in [3.63, 3.8) is 0 Å². The number of benzene rings is 1. The molecule has 0 atom stereocenters. The van der Waals surface area contributed by atoms with Crippen molar-refractivity contribution in [3.05, 3.63) is 42.0 Å². The van der Waals surface area contributed by atoms with Crippen molar-refractivity contribution in [2.75, 3.05) is 12.3 Å². The highest BCUT2D eigenvalue weighted by Gasteiger charge is 2.05. The number of amides is 1. The van der Waals surface area contributed by atoms with Gasteiger partial charge in [-0.25, -0.2) is 4.98 Å². The Bertz CT molecular complexity index is 494. The molecule has 1 aromatic carbocycles. The van der Waals surface area contributed by atoms with Crippen LogP contribution in [0.5, 0.6) is 0 Å². The molecule has 1 aromatic heterocycles. The third kappa shape index (κ3) is 3.04. The Balaban J connectivity index is 1.85. The Morgan fingerprint density at radius 1 is 1.47 bits per heavy atom. The van der Waals surface area contributed by atoms with Gasteiger partial charge in [-0.15, -0.1) is 0 Å². The Morgan fingerprint density at radius 2 is 2.35 bits per heavy atom. The van der Waals surface area contributed by atoms with Crippen molar-refractivity contribution in [2.24, 2.45) is 0 Å². The molecular formula is C11H13N5O. The van der Waals surface area contributed by atoms with Crippen LogP contribution in [0.15, 0.2) is 30.6 Å². The molecule has 2 aromatic rings. The lowest BCUT2D eigenvalue weighted by molar-refractivity contribution is 0.0954. The molecule has 0 saturated carbocycles. The number of nitrogen functional groups attached to an aromatic ring is 1. The molecule has 0 saturated heterocycles. The summed E-state index contributed by atoms with van der Waals surface area (Å²) in [5.41, 5.74) is 6.73. The third-order valence-corrected chi connectivity index (χ3v) is 2.26. The summed E-state index contributed by atoms with van der Waals surface area (Å²) >= 11 is 0. The summed E-state index contributed by atoms with van der Waals surface area (Å²) < 4.78 is 0. The zero-order chi connectivity index (χ0) is 12.1. The number of aromatic nitrogens is 3. The van der Waals surface area contributed by atoms with Gasteiger partial charge in [-0.1, -0.05) is 6.07 Å². The molecule has 0 fully saturated rings. The second kappa shape index (κ2) is 5.11. The Morgan fingerprint density at radius 3 is 3.06 bits per heavy atom. The van der Waals surface area contributed by atoms with Crippen LogP contribution in [0.3, 0.4) is 0 Å². The number of hydrogen-bond donors (Lipinski definition) is 3. The van der Waals surface area contributed by atoms with E-state index in [9.17, 15) is 4.79 Å². The topological polar surface area (TPSA) is 96.7 Å². The number of aromatic amines is 1. The van der Waals surface area contributed by atoms with Gasteiger partial charge in [-0.3, -0.25) is 9.89 Å². The average molecular weight is 231 g/mol. The Kier molecular flexibility index (Phi) is 3.34. The van der Waals surface area contributed by atoms with Crippen LogP contribution in [0.25, 0.3) is 0 Å². The van der Waals surface area contributed by atoms with Crippen molar-refractivity contribution >= 4 is 11.6 Å². The van der Waals surface area contributed by atoms with Crippen molar-refractivity contribution in [1.82, 2.24) is 20.5 Å². The monoisotopic (exact) mass is 231 g/mol. The van der Waals surface area contributed by atoms with Gasteiger partial charge in [0.15, 0.2) is 0 Å². The highest BCUT2D eigenvalue weighted by molar-refractivity contribution is 5.94. The van der Waals surface area contributed by atoms with Gasteiger partial charge >= 0.3 is 0 Å². The van der Waals surface area contributed by atoms with Crippen LogP contribution in [0, 0.1) is 0 Å². The van der Waals surface area contributed by atoms with Gasteiger partial charge in [0.05, 0.1) is 0 Å². The van der Waals surface area contributed by atoms with E-state index >= 15 is 0 Å². The molecule has 0 bridgehead atoms. The van der Waals surface area contributed by atoms with E-state index in [1.807, 2.05) is 0 Å². The largest absolute Gasteiger partial charge is 0.399 e. The lowest BCUT2D eigenvalue weighted by Crippen LogP contribution is -2.26. The number of H-pyrrole nitrogens is 1. The molecule has 0 spiro atoms. The van der Waals surface area contributed by atoms with Crippen molar-refractivity contribution in [3.8, 4) is 0 Å². The molecule has 0 aliphatic rings. The standard InChI is InChI=1S/C11H13N5O/c12-9-3-1-2-8(6-9)11(17)13-5-4-10-14-7-15-16-10/h1-3,6-7H,4-5,12H2,(H,13,17)(H,14,15,16). The SMILES string of the molecule is Nc1cccc(C(=O)NCCc2ncn[nH]2)c1. The maximum Gasteiger partial charge on any atom is 0.251 e. The van der Waals surface area contributed by atoms with Gasteiger partial charge in [0.2, 0.25) is 0 Å². The molecule has 0 aliphatic carbocycles. The van der Waals surface area contributed by atoms with Crippen LogP contribution in [0.1, 0.15) is 16.2 Å². The number of carbonyl (C=O) groups excluding carboxylic acids is 1. The molecule has 0 unspecified atom stereocenters. The fourth-order valence-electron chi connectivity index (χ4n) is 1.43. The molecule has 4 N–H and O–H groups in total. The van der Waals surface area contributed by atoms with E-state index in [0.29, 0.717) is 24.2 Å². The van der Waals surface area contributed by atoms with Crippen LogP contribution in [0.2, 0.25) is 0 Å². The van der Waals surface area contributed by atoms with Crippen LogP contribution in [-0.2, 0) is 6.42 Å². The molecule has 6 nitrogen and oxygen atoms in total. The van der Waals surface area contributed by atoms with Crippen LogP contribution in [0.4, 0.5) is 5.69 Å². The first-order valence-electron chi connectivity index (χ1n) is 5.23. The van der Waals surface area contributed by atoms with Crippen LogP contribution in [-0.4, -0.2) is 27.6 Å². The van der Waals surface area contributed by atoms with Gasteiger partial charge < -0.3 is 11.1 Å². The number of nitrogens with two attached hydrogens (primary N) is 1. The smallest absolute Gasteiger partial charge is 0.251 e. The number of nitrogens with one attached hydrogen (secondary N) is 2. The summed E-state index contributed by atoms with van der Waals surface area (Å²) in [5, 5.41) is 9.23. The predicted octanol–water partition coefficient (Wildman–Crippen LogP) is 0.359. The maximum atomic E-state index is 11.7. The van der Waals surface area contributed by atoms with E-state index in [2.05, 4.69) is 20.5 Å². The van der Waals surface area contributed by atoms with Crippen molar-refractivity contribution in [2.45, 2.75) is 6.42 Å². The minimum absolute atomic E-state index is 0.142. The molecular weight excluding hydrogens is 218 g/mol. The summed E-state index contributed by atoms with van der Waals surface area (Å²) in [6.07, 6.45) is 2.06. The molecule has 88 valence electrons. The van der Waals surface area contributed by atoms with E-state index < -0.39 is 0 Å². The summed E-state index contributed by atoms with van der Waals surface area (Å²) in [6.45, 7) is 0.503. The van der Waals surface area contributed by atoms with Gasteiger partial charge in [0, 0.05) is 24.2 Å². The highest BCUT2D eigenvalue weighted by Crippen LogP contribution is 2.05. The first-order chi connectivity index (χ1) is 8.25. The summed E-state index contributed by atoms with van der Waals surface area (Å²) in [4.78, 5) is 15.7. The van der Waals surface area contributed by atoms with Gasteiger partial charge in [0.25, 0.3) is 5.91 Å². The molecule has 1 heterocycles. The van der Waals surface area contributed by atoms with Gasteiger partial charge in [-0.2, -0.15) is 5.10 Å². The second-order valence-corrected chi connectivity index (χ2v) is 3.56. The number of carbonyl (C=O) groups is 1. The number of rotatable bonds is 4. The quantitative estimate of drug-likeness (QED) is 0.662. The first kappa shape index (κ1) is 11.1. The summed E-state index contributed by atoms with van der Waals surface area (Å²) in [5.74, 6) is 0.606. The zero-order valence-electron chi connectivity index (χ0n) is 9.18. The van der Waals surface area contributed by atoms with E-state index in [-0.39, 0.29) is 5.91 Å². The van der Waals surface area contributed by atoms with E-state index in [1.54, 1.807) is 24.3 Å². The van der Waals surface area contributed by atoms with Gasteiger partial charge in [-0.05, 0) is 18.2 Å². The molecule has 1 amide bonds. The lowest BCUT2D eigenvalue weighted by Gasteiger charge is -2.04. The fraction of sp³-hybridized carbons (Fsp3) is 0.182. The molecule has 17 heavy (non-hydrogen) atoms. The minimum Gasteiger partial charge on any atom is -0.399 e.